The summed E-state index contributed by atoms with van der Waals surface area (Å²) in [6.45, 7) is 20.6. The molecule has 0 saturated carbocycles. The van der Waals surface area contributed by atoms with Crippen molar-refractivity contribution in [1.29, 1.82) is 0 Å². The summed E-state index contributed by atoms with van der Waals surface area (Å²) in [5.41, 5.74) is 8.60. The van der Waals surface area contributed by atoms with Crippen LogP contribution in [0.3, 0.4) is 0 Å². The predicted octanol–water partition coefficient (Wildman–Crippen LogP) is 4.33. The van der Waals surface area contributed by atoms with Gasteiger partial charge in [-0.2, -0.15) is 0 Å². The van der Waals surface area contributed by atoms with Gasteiger partial charge in [-0.1, -0.05) is 0 Å². The summed E-state index contributed by atoms with van der Waals surface area (Å²) in [5, 5.41) is 21.6. The Morgan fingerprint density at radius 3 is 1.23 bits per heavy atom. The van der Waals surface area contributed by atoms with Gasteiger partial charge in [-0.15, -0.1) is 0 Å². The molecule has 0 aliphatic carbocycles. The van der Waals surface area contributed by atoms with Gasteiger partial charge in [-0.05, 0) is 91.5 Å². The highest BCUT2D eigenvalue weighted by Gasteiger charge is 2.39. The Morgan fingerprint density at radius 2 is 1.00 bits per heavy atom. The van der Waals surface area contributed by atoms with Crippen LogP contribution in [0.5, 0.6) is 0 Å². The lowest BCUT2D eigenvalue weighted by molar-refractivity contribution is -0.0442. The van der Waals surface area contributed by atoms with Crippen molar-refractivity contribution in [3.05, 3.63) is 45.0 Å². The van der Waals surface area contributed by atoms with Gasteiger partial charge in [0.2, 0.25) is 0 Å². The van der Waals surface area contributed by atoms with E-state index in [1.807, 2.05) is 6.92 Å². The summed E-state index contributed by atoms with van der Waals surface area (Å²) < 4.78 is 4.51. The van der Waals surface area contributed by atoms with Crippen LogP contribution >= 0.6 is 0 Å². The van der Waals surface area contributed by atoms with E-state index in [1.165, 1.54) is 45.0 Å². The lowest BCUT2D eigenvalue weighted by atomic mass is 9.94. The van der Waals surface area contributed by atoms with Crippen molar-refractivity contribution in [1.82, 2.24) is 9.13 Å². The summed E-state index contributed by atoms with van der Waals surface area (Å²) in [4.78, 5) is 0. The molecule has 146 valence electrons. The van der Waals surface area contributed by atoms with Gasteiger partial charge in [-0.25, -0.2) is 0 Å². The Kier molecular flexibility index (Phi) is 5.51. The zero-order valence-electron chi connectivity index (χ0n) is 18.2. The monoisotopic (exact) mass is 360 g/mol. The third-order valence-electron chi connectivity index (χ3n) is 6.50. The highest BCUT2D eigenvalue weighted by Crippen LogP contribution is 2.38. The molecule has 2 rings (SSSR count). The van der Waals surface area contributed by atoms with Gasteiger partial charge in [0, 0.05) is 29.2 Å². The first-order valence-electron chi connectivity index (χ1n) is 9.52. The van der Waals surface area contributed by atoms with Gasteiger partial charge >= 0.3 is 0 Å². The fourth-order valence-electron chi connectivity index (χ4n) is 4.42. The standard InChI is InChI=1S/C22H36N2O2/c1-12(25)11-22(10,26)21(23-17(6)13(2)14(3)18(23)7)24-19(8)15(4)16(5)20(24)9/h12,21,25-26H,11H2,1-10H3. The molecule has 0 bridgehead atoms. The first-order chi connectivity index (χ1) is 11.8. The van der Waals surface area contributed by atoms with E-state index in [9.17, 15) is 10.2 Å². The van der Waals surface area contributed by atoms with Crippen molar-refractivity contribution in [2.75, 3.05) is 0 Å². The Balaban J connectivity index is 2.87. The Bertz CT molecular complexity index is 713. The summed E-state index contributed by atoms with van der Waals surface area (Å²) in [6.07, 6.45) is -0.580. The van der Waals surface area contributed by atoms with Crippen molar-refractivity contribution in [2.45, 2.75) is 93.5 Å². The molecule has 2 aromatic rings. The molecule has 2 heterocycles. The SMILES string of the molecule is Cc1c(C)c(C)n(C(n2c(C)c(C)c(C)c2C)C(C)(O)CC(C)O)c1C. The second-order valence-electron chi connectivity index (χ2n) is 8.37. The van der Waals surface area contributed by atoms with E-state index in [-0.39, 0.29) is 6.17 Å². The van der Waals surface area contributed by atoms with Crippen LogP contribution < -0.4 is 0 Å². The maximum absolute atomic E-state index is 11.5. The number of hydrogen-bond acceptors (Lipinski definition) is 2. The Labute approximate surface area is 158 Å². The van der Waals surface area contributed by atoms with E-state index >= 15 is 0 Å². The second-order valence-corrected chi connectivity index (χ2v) is 8.37. The number of rotatable bonds is 5. The fraction of sp³-hybridized carbons (Fsp3) is 0.636. The molecule has 0 fully saturated rings. The highest BCUT2D eigenvalue weighted by molar-refractivity contribution is 5.39. The van der Waals surface area contributed by atoms with Gasteiger partial charge in [0.25, 0.3) is 0 Å². The van der Waals surface area contributed by atoms with Crippen LogP contribution in [0.25, 0.3) is 0 Å². The molecule has 0 radical (unpaired) electrons. The molecule has 2 unspecified atom stereocenters. The maximum Gasteiger partial charge on any atom is 0.138 e. The zero-order chi connectivity index (χ0) is 20.1. The molecule has 0 aliphatic heterocycles. The van der Waals surface area contributed by atoms with Crippen molar-refractivity contribution < 1.29 is 10.2 Å². The van der Waals surface area contributed by atoms with Gasteiger partial charge in [-0.3, -0.25) is 0 Å². The van der Waals surface area contributed by atoms with Crippen molar-refractivity contribution in [3.63, 3.8) is 0 Å². The number of aromatic nitrogens is 2. The lowest BCUT2D eigenvalue weighted by Crippen LogP contribution is -2.44. The molecular weight excluding hydrogens is 324 g/mol. The molecule has 26 heavy (non-hydrogen) atoms. The highest BCUT2D eigenvalue weighted by atomic mass is 16.3. The van der Waals surface area contributed by atoms with E-state index in [4.69, 9.17) is 0 Å². The molecule has 2 atom stereocenters. The lowest BCUT2D eigenvalue weighted by Gasteiger charge is -2.39. The van der Waals surface area contributed by atoms with Crippen LogP contribution in [-0.2, 0) is 0 Å². The van der Waals surface area contributed by atoms with E-state index < -0.39 is 11.7 Å². The smallest absolute Gasteiger partial charge is 0.138 e. The summed E-state index contributed by atoms with van der Waals surface area (Å²) in [7, 11) is 0. The minimum Gasteiger partial charge on any atom is -0.393 e. The number of hydrogen-bond donors (Lipinski definition) is 2. The maximum atomic E-state index is 11.5. The van der Waals surface area contributed by atoms with E-state index in [1.54, 1.807) is 6.92 Å². The van der Waals surface area contributed by atoms with Crippen LogP contribution in [0.2, 0.25) is 0 Å². The van der Waals surface area contributed by atoms with Gasteiger partial charge in [0.05, 0.1) is 6.10 Å². The normalized spacial score (nSPS) is 15.6. The van der Waals surface area contributed by atoms with Crippen molar-refractivity contribution in [3.8, 4) is 0 Å². The van der Waals surface area contributed by atoms with Crippen LogP contribution in [0.1, 0.15) is 71.5 Å². The third-order valence-corrected chi connectivity index (χ3v) is 6.50. The number of aliphatic hydroxyl groups is 2. The van der Waals surface area contributed by atoms with Crippen molar-refractivity contribution >= 4 is 0 Å². The van der Waals surface area contributed by atoms with Crippen LogP contribution in [-0.4, -0.2) is 31.1 Å². The average molecular weight is 361 g/mol. The molecule has 0 saturated heterocycles. The van der Waals surface area contributed by atoms with Gasteiger partial charge < -0.3 is 19.3 Å². The fourth-order valence-corrected chi connectivity index (χ4v) is 4.42. The number of nitrogens with zero attached hydrogens (tertiary/aromatic N) is 2. The molecule has 0 amide bonds. The largest absolute Gasteiger partial charge is 0.393 e. The average Bonchev–Trinajstić information content (AvgIpc) is 2.83. The molecular formula is C22H36N2O2. The van der Waals surface area contributed by atoms with Crippen molar-refractivity contribution in [2.24, 2.45) is 0 Å². The second kappa shape index (κ2) is 6.90. The molecule has 0 aliphatic rings. The third kappa shape index (κ3) is 3.14. The minimum atomic E-state index is -1.10. The molecule has 2 aromatic heterocycles. The quantitative estimate of drug-likeness (QED) is 0.834. The summed E-state index contributed by atoms with van der Waals surface area (Å²) >= 11 is 0. The number of aliphatic hydroxyl groups excluding tert-OH is 1. The van der Waals surface area contributed by atoms with E-state index in [0.29, 0.717) is 6.42 Å². The van der Waals surface area contributed by atoms with Crippen LogP contribution in [0.4, 0.5) is 0 Å². The molecule has 0 spiro atoms. The molecule has 4 heteroatoms. The first-order valence-corrected chi connectivity index (χ1v) is 9.52. The molecule has 0 aromatic carbocycles. The first kappa shape index (κ1) is 20.8. The Morgan fingerprint density at radius 1 is 0.731 bits per heavy atom. The van der Waals surface area contributed by atoms with E-state index in [0.717, 1.165) is 0 Å². The zero-order valence-corrected chi connectivity index (χ0v) is 18.2. The van der Waals surface area contributed by atoms with Crippen LogP contribution in [0, 0.1) is 55.4 Å². The van der Waals surface area contributed by atoms with Crippen LogP contribution in [0.15, 0.2) is 0 Å². The topological polar surface area (TPSA) is 50.3 Å². The molecule has 4 nitrogen and oxygen atoms in total. The van der Waals surface area contributed by atoms with Gasteiger partial charge in [0.15, 0.2) is 0 Å². The van der Waals surface area contributed by atoms with E-state index in [2.05, 4.69) is 64.5 Å². The minimum absolute atomic E-state index is 0.308. The van der Waals surface area contributed by atoms with Gasteiger partial charge in [0.1, 0.15) is 11.8 Å². The Hall–Kier alpha value is -1.52. The predicted molar refractivity (Wildman–Crippen MR) is 108 cm³/mol. The summed E-state index contributed by atoms with van der Waals surface area (Å²) in [5.74, 6) is 0. The summed E-state index contributed by atoms with van der Waals surface area (Å²) in [6, 6.07) is 0. The molecule has 2 N–H and O–H groups in total.